The van der Waals surface area contributed by atoms with Crippen LogP contribution in [-0.4, -0.2) is 125 Å². The molecule has 0 saturated heterocycles. The molecule has 0 atom stereocenters. The van der Waals surface area contributed by atoms with E-state index in [0.29, 0.717) is 13.1 Å². The highest BCUT2D eigenvalue weighted by molar-refractivity contribution is 7.86. The van der Waals surface area contributed by atoms with E-state index in [2.05, 4.69) is 51.8 Å². The Labute approximate surface area is 350 Å². The first-order valence-electron chi connectivity index (χ1n) is 19.7. The second-order valence-electron chi connectivity index (χ2n) is 18.6. The monoisotopic (exact) mass is 849 g/mol. The van der Waals surface area contributed by atoms with Gasteiger partial charge in [-0.3, -0.25) is 0 Å². The number of aromatic nitrogens is 1. The molecule has 3 heterocycles. The minimum absolute atomic E-state index is 0.206. The van der Waals surface area contributed by atoms with E-state index in [1.807, 2.05) is 64.1 Å². The molecule has 5 rings (SSSR count). The molecule has 0 radical (unpaired) electrons. The summed E-state index contributed by atoms with van der Waals surface area (Å²) in [6, 6.07) is 12.8. The molecule has 59 heavy (non-hydrogen) atoms. The number of aliphatic carboxylic acids is 1. The molecule has 3 aromatic rings. The highest BCUT2D eigenvalue weighted by atomic mass is 32.2. The molecule has 0 saturated carbocycles. The van der Waals surface area contributed by atoms with Crippen molar-refractivity contribution in [3.8, 4) is 0 Å². The van der Waals surface area contributed by atoms with E-state index < -0.39 is 37.0 Å². The van der Waals surface area contributed by atoms with Gasteiger partial charge in [0.2, 0.25) is 12.2 Å². The minimum Gasteiger partial charge on any atom is -0.744 e. The molecule has 1 aromatic heterocycles. The van der Waals surface area contributed by atoms with Crippen LogP contribution >= 0.6 is 0 Å². The van der Waals surface area contributed by atoms with Gasteiger partial charge in [-0.15, -0.1) is 0 Å². The molecule has 318 valence electrons. The Morgan fingerprint density at radius 1 is 0.797 bits per heavy atom. The number of carboxylic acids is 1. The molecular weight excluding hydrogens is 791 g/mol. The zero-order valence-electron chi connectivity index (χ0n) is 35.9. The molecule has 2 aliphatic rings. The third-order valence-corrected chi connectivity index (χ3v) is 12.8. The average Bonchev–Trinajstić information content (AvgIpc) is 3.44. The van der Waals surface area contributed by atoms with E-state index in [4.69, 9.17) is 0 Å². The Morgan fingerprint density at radius 2 is 1.36 bits per heavy atom. The second-order valence-corrected chi connectivity index (χ2v) is 21.4. The summed E-state index contributed by atoms with van der Waals surface area (Å²) in [6.07, 6.45) is 13.1. The van der Waals surface area contributed by atoms with E-state index >= 15 is 0 Å². The fraction of sp³-hybridized carbons (Fsp3) is 0.432. The highest BCUT2D eigenvalue weighted by Crippen LogP contribution is 2.49. The summed E-state index contributed by atoms with van der Waals surface area (Å²) in [6.45, 7) is 10.9. The molecule has 13 nitrogen and oxygen atoms in total. The van der Waals surface area contributed by atoms with Gasteiger partial charge in [0.05, 0.1) is 77.0 Å². The Hall–Kier alpha value is -4.51. The maximum Gasteiger partial charge on any atom is 0.370 e. The number of quaternary nitrogens is 2. The lowest BCUT2D eigenvalue weighted by atomic mass is 9.81. The predicted octanol–water partition coefficient (Wildman–Crippen LogP) is 4.76. The lowest BCUT2D eigenvalue weighted by Gasteiger charge is -2.29. The number of carbonyl (C=O) groups is 1. The number of rotatable bonds is 16. The van der Waals surface area contributed by atoms with Crippen molar-refractivity contribution in [1.82, 2.24) is 0 Å². The zero-order chi connectivity index (χ0) is 43.9. The highest BCUT2D eigenvalue weighted by Gasteiger charge is 2.45. The summed E-state index contributed by atoms with van der Waals surface area (Å²) in [5.41, 5.74) is 5.16. The lowest BCUT2D eigenvalue weighted by molar-refractivity contribution is -0.871. The maximum atomic E-state index is 12.1. The van der Waals surface area contributed by atoms with Gasteiger partial charge in [0.15, 0.2) is 24.7 Å². The number of allylic oxidation sites excluding steroid dienone is 6. The molecule has 2 aliphatic heterocycles. The van der Waals surface area contributed by atoms with E-state index in [1.54, 1.807) is 29.1 Å². The van der Waals surface area contributed by atoms with Gasteiger partial charge in [0.25, 0.3) is 0 Å². The normalized spacial score (nSPS) is 17.6. The largest absolute Gasteiger partial charge is 0.744 e. The van der Waals surface area contributed by atoms with Gasteiger partial charge in [-0.25, -0.2) is 21.6 Å². The molecule has 0 aliphatic carbocycles. The third-order valence-electron chi connectivity index (χ3n) is 11.1. The first-order chi connectivity index (χ1) is 27.1. The van der Waals surface area contributed by atoms with Crippen LogP contribution < -0.4 is 9.47 Å². The lowest BCUT2D eigenvalue weighted by Crippen LogP contribution is -2.37. The van der Waals surface area contributed by atoms with Crippen LogP contribution in [0.5, 0.6) is 0 Å². The predicted molar refractivity (Wildman–Crippen MR) is 227 cm³/mol. The number of pyridine rings is 1. The quantitative estimate of drug-likeness (QED) is 0.0928. The van der Waals surface area contributed by atoms with Crippen LogP contribution in [0.2, 0.25) is 0 Å². The number of hydrogen-bond donors (Lipinski definition) is 1. The van der Waals surface area contributed by atoms with E-state index in [9.17, 15) is 35.8 Å². The van der Waals surface area contributed by atoms with Crippen molar-refractivity contribution in [3.63, 3.8) is 0 Å². The molecule has 0 spiro atoms. The van der Waals surface area contributed by atoms with Gasteiger partial charge in [0.1, 0.15) is 20.2 Å². The molecule has 2 aromatic carbocycles. The topological polar surface area (TPSA) is 162 Å². The Morgan fingerprint density at radius 3 is 1.92 bits per heavy atom. The molecule has 0 bridgehead atoms. The third kappa shape index (κ3) is 10.6. The van der Waals surface area contributed by atoms with Gasteiger partial charge >= 0.3 is 5.97 Å². The number of fused-ring (bicyclic) bond motifs is 2. The summed E-state index contributed by atoms with van der Waals surface area (Å²) in [5, 5.41) is 9.42. The van der Waals surface area contributed by atoms with Gasteiger partial charge in [0, 0.05) is 59.6 Å². The van der Waals surface area contributed by atoms with Crippen molar-refractivity contribution >= 4 is 48.9 Å². The fourth-order valence-electron chi connectivity index (χ4n) is 8.01. The summed E-state index contributed by atoms with van der Waals surface area (Å²) >= 11 is 0. The summed E-state index contributed by atoms with van der Waals surface area (Å²) in [7, 11) is 3.38. The number of benzene rings is 2. The van der Waals surface area contributed by atoms with Crippen molar-refractivity contribution in [2.75, 3.05) is 73.4 Å². The Kier molecular flexibility index (Phi) is 12.7. The van der Waals surface area contributed by atoms with Gasteiger partial charge < -0.3 is 28.1 Å². The van der Waals surface area contributed by atoms with Crippen molar-refractivity contribution in [2.45, 2.75) is 67.7 Å². The standard InChI is InChI=1S/C44H58N5O8S2/c1-43(2)36-29-34(58(52,53)54)15-17-38(36)46(23-11-27-48(5,6)7)40(43)19-13-32(33-21-25-45(26-22-33)31-42(50)51)14-20-41-44(3,4)37-30-35(59(55,56)57)16-18-39(37)47(41)24-12-28-49(8,9)10/h13-22,25-26,29-30H,11-12,23-24,27-28,31H2,1-10H3/q+1/p+1. The van der Waals surface area contributed by atoms with Crippen LogP contribution in [0, 0.1) is 0 Å². The zero-order valence-corrected chi connectivity index (χ0v) is 37.5. The molecule has 15 heteroatoms. The molecule has 0 unspecified atom stereocenters. The van der Waals surface area contributed by atoms with Crippen LogP contribution in [0.15, 0.2) is 101 Å². The number of nitrogens with zero attached hydrogens (tertiary/aromatic N) is 5. The van der Waals surface area contributed by atoms with Gasteiger partial charge in [-0.05, 0) is 73.0 Å². The van der Waals surface area contributed by atoms with E-state index in [-0.39, 0.29) is 16.3 Å². The first kappa shape index (κ1) is 45.6. The van der Waals surface area contributed by atoms with Crippen molar-refractivity contribution < 1.29 is 54.0 Å². The van der Waals surface area contributed by atoms with Crippen molar-refractivity contribution in [1.29, 1.82) is 0 Å². The average molecular weight is 850 g/mol. The van der Waals surface area contributed by atoms with E-state index in [1.165, 1.54) is 24.3 Å². The van der Waals surface area contributed by atoms with Crippen LogP contribution in [0.4, 0.5) is 11.4 Å². The number of anilines is 1. The smallest absolute Gasteiger partial charge is 0.370 e. The number of hydrogen-bond acceptors (Lipinski definition) is 8. The van der Waals surface area contributed by atoms with Crippen LogP contribution in [0.25, 0.3) is 5.57 Å². The number of carboxylic acid groups (broad SMARTS) is 1. The second kappa shape index (κ2) is 16.5. The summed E-state index contributed by atoms with van der Waals surface area (Å²) in [4.78, 5) is 13.1. The summed E-state index contributed by atoms with van der Waals surface area (Å²) in [5.74, 6) is -0.970. The van der Waals surface area contributed by atoms with Crippen LogP contribution in [0.1, 0.15) is 57.2 Å². The van der Waals surface area contributed by atoms with Gasteiger partial charge in [-0.1, -0.05) is 19.9 Å². The summed E-state index contributed by atoms with van der Waals surface area (Å²) < 4.78 is 78.2. The molecule has 0 fully saturated rings. The molecule has 1 N–H and O–H groups in total. The molecule has 0 amide bonds. The SMILES string of the molecule is CC1(C)C(/C=C/C(=C/C=C2/N(CCC[N+](C)(C)C)c3ccc(S(=O)(=O)[O-])cc3C2(C)C)c2cc[n+](CC(=O)O)cc2)=[N+](CCC[N+](C)(C)C)c2ccc(S(=O)(=O)[O-])cc21. The van der Waals surface area contributed by atoms with Gasteiger partial charge in [-0.2, -0.15) is 9.14 Å². The molecular formula is C44H59N5O8S2+2. The van der Waals surface area contributed by atoms with Crippen molar-refractivity contribution in [2.24, 2.45) is 0 Å². The minimum atomic E-state index is -4.69. The van der Waals surface area contributed by atoms with Crippen LogP contribution in [0.3, 0.4) is 0 Å². The Balaban J connectivity index is 1.69. The van der Waals surface area contributed by atoms with E-state index in [0.717, 1.165) is 79.9 Å². The van der Waals surface area contributed by atoms with Crippen molar-refractivity contribution in [3.05, 3.63) is 108 Å². The Bertz CT molecular complexity index is 2470. The fourth-order valence-corrected chi connectivity index (χ4v) is 9.00. The first-order valence-corrected chi connectivity index (χ1v) is 22.5. The maximum absolute atomic E-state index is 12.1. The van der Waals surface area contributed by atoms with Crippen LogP contribution in [-0.2, 0) is 42.4 Å².